The molecule has 2 aromatic rings. The number of benzene rings is 2. The van der Waals surface area contributed by atoms with Crippen LogP contribution in [-0.4, -0.2) is 72.3 Å². The zero-order valence-electron chi connectivity index (χ0n) is 17.7. The number of piperidine rings is 1. The fourth-order valence-electron chi connectivity index (χ4n) is 4.18. The van der Waals surface area contributed by atoms with E-state index in [0.29, 0.717) is 44.0 Å². The topological polar surface area (TPSA) is 55.9 Å². The van der Waals surface area contributed by atoms with E-state index >= 15 is 0 Å². The highest BCUT2D eigenvalue weighted by atomic mass is 19.1. The minimum absolute atomic E-state index is 0.0350. The van der Waals surface area contributed by atoms with Crippen molar-refractivity contribution in [3.05, 3.63) is 59.9 Å². The first kappa shape index (κ1) is 21.3. The molecule has 1 N–H and O–H groups in total. The molecule has 0 aromatic heterocycles. The molecule has 2 saturated heterocycles. The Kier molecular flexibility index (Phi) is 6.82. The number of rotatable bonds is 5. The maximum absolute atomic E-state index is 13.2. The van der Waals surface area contributed by atoms with Crippen LogP contribution in [0.3, 0.4) is 0 Å². The summed E-state index contributed by atoms with van der Waals surface area (Å²) >= 11 is 0. The van der Waals surface area contributed by atoms with Gasteiger partial charge in [0.15, 0.2) is 0 Å². The molecule has 0 spiro atoms. The van der Waals surface area contributed by atoms with Crippen molar-refractivity contribution in [3.63, 3.8) is 0 Å². The Labute approximate surface area is 182 Å². The summed E-state index contributed by atoms with van der Waals surface area (Å²) in [6.07, 6.45) is 3.40. The van der Waals surface area contributed by atoms with Gasteiger partial charge < -0.3 is 15.1 Å². The highest BCUT2D eigenvalue weighted by Crippen LogP contribution is 2.23. The smallest absolute Gasteiger partial charge is 0.256 e. The van der Waals surface area contributed by atoms with Gasteiger partial charge in [-0.25, -0.2) is 4.39 Å². The van der Waals surface area contributed by atoms with Gasteiger partial charge in [-0.2, -0.15) is 0 Å². The average Bonchev–Trinajstić information content (AvgIpc) is 2.81. The molecule has 4 rings (SSSR count). The Morgan fingerprint density at radius 3 is 2.19 bits per heavy atom. The van der Waals surface area contributed by atoms with Gasteiger partial charge in [0.1, 0.15) is 5.82 Å². The molecule has 0 unspecified atom stereocenters. The fraction of sp³-hybridized carbons (Fsp3) is 0.417. The number of nitrogens with one attached hydrogen (secondary N) is 1. The van der Waals surface area contributed by atoms with Gasteiger partial charge in [0.05, 0.1) is 17.8 Å². The van der Waals surface area contributed by atoms with E-state index in [9.17, 15) is 14.0 Å². The van der Waals surface area contributed by atoms with Crippen molar-refractivity contribution in [2.45, 2.75) is 19.3 Å². The van der Waals surface area contributed by atoms with Gasteiger partial charge in [0, 0.05) is 45.0 Å². The second kappa shape index (κ2) is 9.92. The van der Waals surface area contributed by atoms with Crippen LogP contribution in [0.2, 0.25) is 0 Å². The first-order chi connectivity index (χ1) is 15.1. The van der Waals surface area contributed by atoms with Crippen LogP contribution < -0.4 is 5.32 Å². The number of hydrogen-bond donors (Lipinski definition) is 1. The molecule has 2 fully saturated rings. The Morgan fingerprint density at radius 1 is 0.806 bits per heavy atom. The Bertz CT molecular complexity index is 904. The van der Waals surface area contributed by atoms with Gasteiger partial charge in [0.25, 0.3) is 5.91 Å². The van der Waals surface area contributed by atoms with Crippen LogP contribution in [0.5, 0.6) is 0 Å². The largest absolute Gasteiger partial charge is 0.355 e. The fourth-order valence-corrected chi connectivity index (χ4v) is 4.18. The van der Waals surface area contributed by atoms with E-state index in [2.05, 4.69) is 10.2 Å². The molecule has 7 heteroatoms. The maximum atomic E-state index is 13.2. The maximum Gasteiger partial charge on any atom is 0.256 e. The average molecular weight is 425 g/mol. The van der Waals surface area contributed by atoms with Crippen molar-refractivity contribution in [2.75, 3.05) is 51.1 Å². The monoisotopic (exact) mass is 424 g/mol. The highest BCUT2D eigenvalue weighted by molar-refractivity contribution is 6.00. The van der Waals surface area contributed by atoms with Crippen LogP contribution in [0.4, 0.5) is 15.8 Å². The number of carbonyl (C=O) groups is 2. The molecule has 2 heterocycles. The van der Waals surface area contributed by atoms with E-state index in [4.69, 9.17) is 0 Å². The summed E-state index contributed by atoms with van der Waals surface area (Å²) in [6, 6.07) is 13.4. The first-order valence-electron chi connectivity index (χ1n) is 11.0. The number of halogens is 1. The van der Waals surface area contributed by atoms with E-state index in [1.165, 1.54) is 18.6 Å². The van der Waals surface area contributed by atoms with Crippen molar-refractivity contribution < 1.29 is 14.0 Å². The second-order valence-electron chi connectivity index (χ2n) is 8.19. The van der Waals surface area contributed by atoms with Gasteiger partial charge in [0.2, 0.25) is 5.91 Å². The molecule has 0 bridgehead atoms. The summed E-state index contributed by atoms with van der Waals surface area (Å²) < 4.78 is 13.2. The normalized spacial score (nSPS) is 17.5. The number of amides is 2. The molecule has 0 radical (unpaired) electrons. The quantitative estimate of drug-likeness (QED) is 0.800. The highest BCUT2D eigenvalue weighted by Gasteiger charge is 2.26. The lowest BCUT2D eigenvalue weighted by Gasteiger charge is -2.36. The molecular weight excluding hydrogens is 395 g/mol. The van der Waals surface area contributed by atoms with Crippen molar-refractivity contribution >= 4 is 23.2 Å². The Hall–Kier alpha value is -2.93. The molecule has 2 aliphatic heterocycles. The summed E-state index contributed by atoms with van der Waals surface area (Å²) in [4.78, 5) is 31.6. The molecule has 2 aromatic carbocycles. The summed E-state index contributed by atoms with van der Waals surface area (Å²) in [5.41, 5.74) is 2.01. The summed E-state index contributed by atoms with van der Waals surface area (Å²) in [7, 11) is 0. The third kappa shape index (κ3) is 5.41. The van der Waals surface area contributed by atoms with E-state index in [1.807, 2.05) is 28.0 Å². The lowest BCUT2D eigenvalue weighted by atomic mass is 10.1. The Morgan fingerprint density at radius 2 is 1.48 bits per heavy atom. The molecule has 164 valence electrons. The van der Waals surface area contributed by atoms with E-state index in [-0.39, 0.29) is 17.6 Å². The number of anilines is 2. The van der Waals surface area contributed by atoms with Crippen LogP contribution in [0.15, 0.2) is 48.5 Å². The second-order valence-corrected chi connectivity index (χ2v) is 8.19. The van der Waals surface area contributed by atoms with Crippen molar-refractivity contribution in [1.29, 1.82) is 0 Å². The molecule has 0 aliphatic carbocycles. The van der Waals surface area contributed by atoms with Crippen LogP contribution in [0.25, 0.3) is 0 Å². The van der Waals surface area contributed by atoms with Gasteiger partial charge in [-0.1, -0.05) is 12.1 Å². The zero-order valence-corrected chi connectivity index (χ0v) is 17.7. The number of piperazine rings is 1. The molecule has 2 amide bonds. The minimum atomic E-state index is -0.299. The van der Waals surface area contributed by atoms with Crippen molar-refractivity contribution in [3.8, 4) is 0 Å². The van der Waals surface area contributed by atoms with Gasteiger partial charge in [-0.15, -0.1) is 0 Å². The van der Waals surface area contributed by atoms with Crippen LogP contribution in [-0.2, 0) is 4.79 Å². The van der Waals surface area contributed by atoms with Crippen LogP contribution in [0, 0.1) is 5.82 Å². The van der Waals surface area contributed by atoms with E-state index in [1.54, 1.807) is 18.2 Å². The third-order valence-electron chi connectivity index (χ3n) is 6.01. The molecule has 31 heavy (non-hydrogen) atoms. The van der Waals surface area contributed by atoms with Crippen molar-refractivity contribution in [1.82, 2.24) is 14.7 Å². The number of para-hydroxylation sites is 1. The van der Waals surface area contributed by atoms with Crippen LogP contribution >= 0.6 is 0 Å². The van der Waals surface area contributed by atoms with Gasteiger partial charge in [-0.3, -0.25) is 14.5 Å². The molecule has 6 nitrogen and oxygen atoms in total. The Balaban J connectivity index is 1.34. The molecule has 2 aliphatic rings. The summed E-state index contributed by atoms with van der Waals surface area (Å²) in [5, 5.41) is 3.22. The van der Waals surface area contributed by atoms with Crippen molar-refractivity contribution in [2.24, 2.45) is 0 Å². The molecule has 0 atom stereocenters. The third-order valence-corrected chi connectivity index (χ3v) is 6.01. The summed E-state index contributed by atoms with van der Waals surface area (Å²) in [5.74, 6) is -0.132. The number of nitrogens with zero attached hydrogens (tertiary/aromatic N) is 3. The number of carbonyl (C=O) groups excluding carboxylic acids is 2. The van der Waals surface area contributed by atoms with E-state index in [0.717, 1.165) is 31.6 Å². The number of hydrogen-bond acceptors (Lipinski definition) is 4. The summed E-state index contributed by atoms with van der Waals surface area (Å²) in [6.45, 7) is 4.75. The van der Waals surface area contributed by atoms with E-state index < -0.39 is 0 Å². The predicted octanol–water partition coefficient (Wildman–Crippen LogP) is 3.34. The van der Waals surface area contributed by atoms with Gasteiger partial charge >= 0.3 is 0 Å². The SMILES string of the molecule is O=C(CN1CCN(C(=O)c2ccccc2Nc2ccc(F)cc2)CC1)N1CCCCC1. The lowest BCUT2D eigenvalue weighted by Crippen LogP contribution is -2.52. The van der Waals surface area contributed by atoms with Crippen LogP contribution in [0.1, 0.15) is 29.6 Å². The standard InChI is InChI=1S/C24H29FN4O2/c25-19-8-10-20(11-9-19)26-22-7-3-2-6-21(22)24(31)29-16-14-27(15-17-29)18-23(30)28-12-4-1-5-13-28/h2-3,6-11,26H,1,4-5,12-18H2. The molecular formula is C24H29FN4O2. The zero-order chi connectivity index (χ0) is 21.6. The van der Waals surface area contributed by atoms with Gasteiger partial charge in [-0.05, 0) is 55.7 Å². The lowest BCUT2D eigenvalue weighted by molar-refractivity contribution is -0.133. The number of likely N-dealkylation sites (tertiary alicyclic amines) is 1. The first-order valence-corrected chi connectivity index (χ1v) is 11.0. The predicted molar refractivity (Wildman–Crippen MR) is 119 cm³/mol. The minimum Gasteiger partial charge on any atom is -0.355 e. The molecule has 0 saturated carbocycles.